The van der Waals surface area contributed by atoms with Crippen molar-refractivity contribution in [1.82, 2.24) is 4.90 Å². The van der Waals surface area contributed by atoms with Gasteiger partial charge in [0, 0.05) is 13.1 Å². The third kappa shape index (κ3) is 2.80. The van der Waals surface area contributed by atoms with E-state index in [0.717, 1.165) is 0 Å². The highest BCUT2D eigenvalue weighted by molar-refractivity contribution is 5.77. The Balaban J connectivity index is 3.65. The van der Waals surface area contributed by atoms with Gasteiger partial charge in [-0.25, -0.2) is 4.89 Å². The van der Waals surface area contributed by atoms with E-state index in [9.17, 15) is 4.79 Å². The molecule has 0 rings (SSSR count). The van der Waals surface area contributed by atoms with Gasteiger partial charge in [0.05, 0.1) is 0 Å². The Hall–Kier alpha value is -0.610. The first-order valence-electron chi connectivity index (χ1n) is 3.30. The highest BCUT2D eigenvalue weighted by Crippen LogP contribution is 1.87. The van der Waals surface area contributed by atoms with Crippen LogP contribution in [0.15, 0.2) is 0 Å². The molecule has 0 spiro atoms. The molecule has 10 heavy (non-hydrogen) atoms. The fourth-order valence-electron chi connectivity index (χ4n) is 0.723. The average Bonchev–Trinajstić information content (AvgIpc) is 1.91. The average molecular weight is 147 g/mol. The zero-order chi connectivity index (χ0) is 7.98. The predicted molar refractivity (Wildman–Crippen MR) is 36.5 cm³/mol. The van der Waals surface area contributed by atoms with Crippen LogP contribution in [0.2, 0.25) is 0 Å². The molecule has 0 atom stereocenters. The summed E-state index contributed by atoms with van der Waals surface area (Å²) in [7, 11) is 0. The molecule has 0 aliphatic carbocycles. The topological polar surface area (TPSA) is 49.8 Å². The summed E-state index contributed by atoms with van der Waals surface area (Å²) >= 11 is 0. The second-order valence-corrected chi connectivity index (χ2v) is 1.84. The van der Waals surface area contributed by atoms with Crippen LogP contribution in [-0.2, 0) is 9.68 Å². The summed E-state index contributed by atoms with van der Waals surface area (Å²) in [5.74, 6) is -0.187. The molecular weight excluding hydrogens is 134 g/mol. The summed E-state index contributed by atoms with van der Waals surface area (Å²) in [6.07, 6.45) is 0. The van der Waals surface area contributed by atoms with Crippen molar-refractivity contribution in [3.05, 3.63) is 0 Å². The molecular formula is C6H13NO3. The summed E-state index contributed by atoms with van der Waals surface area (Å²) in [6.45, 7) is 4.80. The van der Waals surface area contributed by atoms with Crippen molar-refractivity contribution < 1.29 is 14.9 Å². The second kappa shape index (κ2) is 5.20. The number of carbonyl (C=O) groups is 1. The van der Waals surface area contributed by atoms with E-state index in [1.807, 2.05) is 13.8 Å². The van der Waals surface area contributed by atoms with E-state index in [2.05, 4.69) is 4.89 Å². The summed E-state index contributed by atoms with van der Waals surface area (Å²) in [5, 5.41) is 7.93. The van der Waals surface area contributed by atoms with E-state index in [4.69, 9.17) is 5.26 Å². The van der Waals surface area contributed by atoms with Crippen LogP contribution in [0.25, 0.3) is 0 Å². The van der Waals surface area contributed by atoms with Gasteiger partial charge in [-0.15, -0.1) is 0 Å². The highest BCUT2D eigenvalue weighted by Gasteiger charge is 2.07. The summed E-state index contributed by atoms with van der Waals surface area (Å²) in [4.78, 5) is 16.1. The van der Waals surface area contributed by atoms with E-state index in [1.165, 1.54) is 0 Å². The minimum Gasteiger partial charge on any atom is -0.341 e. The van der Waals surface area contributed by atoms with Gasteiger partial charge < -0.3 is 4.90 Å². The predicted octanol–water partition coefficient (Wildman–Crippen LogP) is 0.344. The molecule has 0 aromatic rings. The van der Waals surface area contributed by atoms with Crippen molar-refractivity contribution in [2.75, 3.05) is 19.7 Å². The summed E-state index contributed by atoms with van der Waals surface area (Å²) in [6, 6.07) is 0. The van der Waals surface area contributed by atoms with Gasteiger partial charge in [-0.1, -0.05) is 0 Å². The van der Waals surface area contributed by atoms with Crippen LogP contribution in [0.3, 0.4) is 0 Å². The molecule has 0 aliphatic heterocycles. The van der Waals surface area contributed by atoms with Crippen LogP contribution >= 0.6 is 0 Å². The van der Waals surface area contributed by atoms with Gasteiger partial charge in [0.25, 0.3) is 5.91 Å². The standard InChI is InChI=1S/C6H13NO3/c1-3-7(4-2)6(8)5-10-9/h9H,3-5H2,1-2H3. The molecule has 0 bridgehead atoms. The van der Waals surface area contributed by atoms with Crippen LogP contribution in [0.5, 0.6) is 0 Å². The Kier molecular flexibility index (Phi) is 4.88. The van der Waals surface area contributed by atoms with Gasteiger partial charge in [-0.2, -0.15) is 0 Å². The third-order valence-electron chi connectivity index (χ3n) is 1.30. The molecule has 0 radical (unpaired) electrons. The van der Waals surface area contributed by atoms with Gasteiger partial charge in [0.15, 0.2) is 6.61 Å². The van der Waals surface area contributed by atoms with E-state index < -0.39 is 0 Å². The van der Waals surface area contributed by atoms with Gasteiger partial charge in [0.1, 0.15) is 0 Å². The van der Waals surface area contributed by atoms with E-state index in [0.29, 0.717) is 13.1 Å². The lowest BCUT2D eigenvalue weighted by atomic mass is 10.5. The first-order chi connectivity index (χ1) is 4.76. The second-order valence-electron chi connectivity index (χ2n) is 1.84. The Morgan fingerprint density at radius 3 is 2.30 bits per heavy atom. The number of likely N-dealkylation sites (N-methyl/N-ethyl adjacent to an activating group) is 1. The van der Waals surface area contributed by atoms with Crippen molar-refractivity contribution in [3.8, 4) is 0 Å². The van der Waals surface area contributed by atoms with Crippen LogP contribution in [0, 0.1) is 0 Å². The van der Waals surface area contributed by atoms with Crippen LogP contribution in [0.4, 0.5) is 0 Å². The largest absolute Gasteiger partial charge is 0.341 e. The fourth-order valence-corrected chi connectivity index (χ4v) is 0.723. The molecule has 0 aromatic carbocycles. The molecule has 1 N–H and O–H groups in total. The van der Waals surface area contributed by atoms with Crippen molar-refractivity contribution in [2.24, 2.45) is 0 Å². The third-order valence-corrected chi connectivity index (χ3v) is 1.30. The van der Waals surface area contributed by atoms with Crippen LogP contribution in [-0.4, -0.2) is 35.8 Å². The monoisotopic (exact) mass is 147 g/mol. The maximum atomic E-state index is 10.8. The number of hydrogen-bond donors (Lipinski definition) is 1. The Bertz CT molecular complexity index is 101. The van der Waals surface area contributed by atoms with Crippen molar-refractivity contribution in [3.63, 3.8) is 0 Å². The smallest absolute Gasteiger partial charge is 0.251 e. The molecule has 4 nitrogen and oxygen atoms in total. The molecule has 1 amide bonds. The van der Waals surface area contributed by atoms with Gasteiger partial charge >= 0.3 is 0 Å². The normalized spacial score (nSPS) is 9.50. The number of amides is 1. The Labute approximate surface area is 60.3 Å². The van der Waals surface area contributed by atoms with Gasteiger partial charge in [-0.05, 0) is 13.8 Å². The first-order valence-corrected chi connectivity index (χ1v) is 3.30. The highest BCUT2D eigenvalue weighted by atomic mass is 17.1. The minimum absolute atomic E-state index is 0.187. The van der Waals surface area contributed by atoms with E-state index in [1.54, 1.807) is 4.90 Å². The SMILES string of the molecule is CCN(CC)C(=O)COO. The molecule has 0 aromatic heterocycles. The van der Waals surface area contributed by atoms with Crippen molar-refractivity contribution in [2.45, 2.75) is 13.8 Å². The summed E-state index contributed by atoms with van der Waals surface area (Å²) < 4.78 is 0. The molecule has 0 saturated heterocycles. The lowest BCUT2D eigenvalue weighted by molar-refractivity contribution is -0.241. The minimum atomic E-state index is -0.248. The van der Waals surface area contributed by atoms with Gasteiger partial charge in [0.2, 0.25) is 0 Å². The zero-order valence-corrected chi connectivity index (χ0v) is 6.33. The quantitative estimate of drug-likeness (QED) is 0.461. The van der Waals surface area contributed by atoms with Crippen molar-refractivity contribution >= 4 is 5.91 Å². The zero-order valence-electron chi connectivity index (χ0n) is 6.33. The number of rotatable bonds is 4. The molecule has 0 fully saturated rings. The maximum absolute atomic E-state index is 10.8. The maximum Gasteiger partial charge on any atom is 0.251 e. The Morgan fingerprint density at radius 1 is 1.50 bits per heavy atom. The summed E-state index contributed by atoms with van der Waals surface area (Å²) in [5.41, 5.74) is 0. The number of carbonyl (C=O) groups excluding carboxylic acids is 1. The molecule has 0 saturated carbocycles. The number of nitrogens with zero attached hydrogens (tertiary/aromatic N) is 1. The molecule has 60 valence electrons. The first kappa shape index (κ1) is 9.39. The molecule has 4 heteroatoms. The molecule has 0 unspecified atom stereocenters. The lowest BCUT2D eigenvalue weighted by Crippen LogP contribution is -2.33. The van der Waals surface area contributed by atoms with E-state index in [-0.39, 0.29) is 12.5 Å². The lowest BCUT2D eigenvalue weighted by Gasteiger charge is -2.16. The fraction of sp³-hybridized carbons (Fsp3) is 0.833. The molecule has 0 aliphatic rings. The number of hydrogen-bond acceptors (Lipinski definition) is 3. The molecule has 0 heterocycles. The van der Waals surface area contributed by atoms with E-state index >= 15 is 0 Å². The van der Waals surface area contributed by atoms with Crippen molar-refractivity contribution in [1.29, 1.82) is 0 Å². The Morgan fingerprint density at radius 2 is 2.00 bits per heavy atom. The van der Waals surface area contributed by atoms with Crippen LogP contribution < -0.4 is 0 Å². The van der Waals surface area contributed by atoms with Crippen LogP contribution in [0.1, 0.15) is 13.8 Å². The van der Waals surface area contributed by atoms with Gasteiger partial charge in [-0.3, -0.25) is 10.1 Å².